The molecule has 2 heterocycles. The minimum Gasteiger partial charge on any atom is -0.388 e. The Morgan fingerprint density at radius 1 is 1.12 bits per heavy atom. The minimum atomic E-state index is -0.691. The summed E-state index contributed by atoms with van der Waals surface area (Å²) in [5.74, 6) is 0. The molecular weight excluding hydrogens is 320 g/mol. The van der Waals surface area contributed by atoms with E-state index in [1.54, 1.807) is 0 Å². The van der Waals surface area contributed by atoms with Gasteiger partial charge in [0.1, 0.15) is 0 Å². The van der Waals surface area contributed by atoms with Crippen molar-refractivity contribution in [2.75, 3.05) is 18.0 Å². The molecule has 1 aliphatic rings. The van der Waals surface area contributed by atoms with Gasteiger partial charge in [-0.2, -0.15) is 0 Å². The van der Waals surface area contributed by atoms with Gasteiger partial charge >= 0.3 is 0 Å². The average molecular weight is 339 g/mol. The van der Waals surface area contributed by atoms with Gasteiger partial charge in [0.25, 0.3) is 0 Å². The maximum absolute atomic E-state index is 11.0. The summed E-state index contributed by atoms with van der Waals surface area (Å²) in [4.78, 5) is 6.66. The highest BCUT2D eigenvalue weighted by atomic mass is 35.5. The summed E-state index contributed by atoms with van der Waals surface area (Å²) in [6, 6.07) is 18.0. The minimum absolute atomic E-state index is 0.629. The largest absolute Gasteiger partial charge is 0.388 e. The Hall–Kier alpha value is -2.10. The third-order valence-corrected chi connectivity index (χ3v) is 4.97. The summed E-state index contributed by atoms with van der Waals surface area (Å²) in [6.45, 7) is 1.47. The van der Waals surface area contributed by atoms with Gasteiger partial charge in [-0.25, -0.2) is 0 Å². The molecule has 1 aliphatic heterocycles. The van der Waals surface area contributed by atoms with Crippen LogP contribution in [0.5, 0.6) is 0 Å². The number of halogens is 1. The summed E-state index contributed by atoms with van der Waals surface area (Å²) >= 11 is 6.07. The van der Waals surface area contributed by atoms with Crippen molar-refractivity contribution < 1.29 is 5.11 Å². The van der Waals surface area contributed by atoms with Crippen molar-refractivity contribution in [1.29, 1.82) is 0 Å². The molecule has 2 aromatic carbocycles. The first kappa shape index (κ1) is 15.4. The Kier molecular flexibility index (Phi) is 3.91. The number of rotatable bonds is 3. The Labute approximate surface area is 146 Å². The molecule has 0 spiro atoms. The van der Waals surface area contributed by atoms with Crippen molar-refractivity contribution in [2.45, 2.75) is 18.4 Å². The van der Waals surface area contributed by atoms with Crippen molar-refractivity contribution in [3.63, 3.8) is 0 Å². The Morgan fingerprint density at radius 2 is 1.96 bits per heavy atom. The molecule has 4 rings (SSSR count). The van der Waals surface area contributed by atoms with Gasteiger partial charge < -0.3 is 10.0 Å². The molecule has 122 valence electrons. The fraction of sp³-hybridized carbons (Fsp3) is 0.250. The van der Waals surface area contributed by atoms with Crippen molar-refractivity contribution in [3.8, 4) is 0 Å². The van der Waals surface area contributed by atoms with Crippen LogP contribution in [0.3, 0.4) is 0 Å². The number of aliphatic hydroxyl groups is 1. The molecule has 0 amide bonds. The monoisotopic (exact) mass is 338 g/mol. The van der Waals surface area contributed by atoms with E-state index in [-0.39, 0.29) is 0 Å². The lowest BCUT2D eigenvalue weighted by molar-refractivity contribution is 0.0637. The number of benzene rings is 2. The van der Waals surface area contributed by atoms with E-state index in [0.717, 1.165) is 29.6 Å². The number of hydrogen-bond donors (Lipinski definition) is 1. The molecule has 1 atom stereocenters. The number of pyridine rings is 1. The quantitative estimate of drug-likeness (QED) is 0.782. The lowest BCUT2D eigenvalue weighted by atomic mass is 9.94. The highest BCUT2D eigenvalue weighted by Crippen LogP contribution is 2.34. The summed E-state index contributed by atoms with van der Waals surface area (Å²) in [5.41, 5.74) is 2.48. The molecule has 0 aliphatic carbocycles. The van der Waals surface area contributed by atoms with Crippen molar-refractivity contribution in [2.24, 2.45) is 0 Å². The second kappa shape index (κ2) is 6.08. The number of anilines is 1. The van der Waals surface area contributed by atoms with E-state index >= 15 is 0 Å². The van der Waals surface area contributed by atoms with E-state index in [4.69, 9.17) is 11.6 Å². The SMILES string of the molecule is OC1(Cc2ccccc2)CCN(c2ccnc3cc(Cl)ccc23)C1. The van der Waals surface area contributed by atoms with Crippen LogP contribution in [-0.2, 0) is 6.42 Å². The molecule has 0 saturated carbocycles. The highest BCUT2D eigenvalue weighted by molar-refractivity contribution is 6.31. The van der Waals surface area contributed by atoms with E-state index in [1.165, 1.54) is 5.56 Å². The zero-order valence-corrected chi connectivity index (χ0v) is 14.1. The number of hydrogen-bond acceptors (Lipinski definition) is 3. The molecule has 1 aromatic heterocycles. The molecule has 1 unspecified atom stereocenters. The van der Waals surface area contributed by atoms with Crippen molar-refractivity contribution in [1.82, 2.24) is 4.98 Å². The normalized spacial score (nSPS) is 20.7. The average Bonchev–Trinajstić information content (AvgIpc) is 2.96. The van der Waals surface area contributed by atoms with Crippen LogP contribution in [0, 0.1) is 0 Å². The third-order valence-electron chi connectivity index (χ3n) is 4.73. The smallest absolute Gasteiger partial charge is 0.0878 e. The predicted octanol–water partition coefficient (Wildman–Crippen LogP) is 4.07. The molecule has 0 bridgehead atoms. The molecule has 24 heavy (non-hydrogen) atoms. The number of fused-ring (bicyclic) bond motifs is 1. The second-order valence-corrected chi connectivity index (χ2v) is 6.99. The van der Waals surface area contributed by atoms with E-state index in [9.17, 15) is 5.11 Å². The van der Waals surface area contributed by atoms with E-state index in [1.807, 2.05) is 48.7 Å². The van der Waals surface area contributed by atoms with Gasteiger partial charge in [0, 0.05) is 41.8 Å². The van der Waals surface area contributed by atoms with Crippen molar-refractivity contribution in [3.05, 3.63) is 71.4 Å². The Morgan fingerprint density at radius 3 is 2.79 bits per heavy atom. The maximum Gasteiger partial charge on any atom is 0.0878 e. The Balaban J connectivity index is 1.61. The van der Waals surface area contributed by atoms with E-state index in [2.05, 4.69) is 22.0 Å². The van der Waals surface area contributed by atoms with Crippen LogP contribution in [-0.4, -0.2) is 28.8 Å². The lowest BCUT2D eigenvalue weighted by Gasteiger charge is -2.25. The van der Waals surface area contributed by atoms with Gasteiger partial charge in [-0.1, -0.05) is 41.9 Å². The van der Waals surface area contributed by atoms with Crippen LogP contribution in [0.15, 0.2) is 60.8 Å². The fourth-order valence-electron chi connectivity index (χ4n) is 3.56. The van der Waals surface area contributed by atoms with Gasteiger partial charge in [0.15, 0.2) is 0 Å². The molecule has 3 aromatic rings. The van der Waals surface area contributed by atoms with Crippen LogP contribution in [0.4, 0.5) is 5.69 Å². The zero-order chi connectivity index (χ0) is 16.6. The van der Waals surface area contributed by atoms with Gasteiger partial charge in [-0.3, -0.25) is 4.98 Å². The molecule has 0 radical (unpaired) electrons. The Bertz CT molecular complexity index is 868. The van der Waals surface area contributed by atoms with Gasteiger partial charge in [0.2, 0.25) is 0 Å². The first-order valence-electron chi connectivity index (χ1n) is 8.19. The van der Waals surface area contributed by atoms with Crippen LogP contribution in [0.25, 0.3) is 10.9 Å². The van der Waals surface area contributed by atoms with Gasteiger partial charge in [-0.15, -0.1) is 0 Å². The van der Waals surface area contributed by atoms with E-state index in [0.29, 0.717) is 18.0 Å². The highest BCUT2D eigenvalue weighted by Gasteiger charge is 2.36. The number of β-amino-alcohol motifs (C(OH)–C–C–N with tert-alkyl or cyclic N) is 1. The van der Waals surface area contributed by atoms with Crippen LogP contribution < -0.4 is 4.90 Å². The van der Waals surface area contributed by atoms with Crippen LogP contribution in [0.1, 0.15) is 12.0 Å². The molecule has 4 heteroatoms. The van der Waals surface area contributed by atoms with Gasteiger partial charge in [0.05, 0.1) is 11.1 Å². The predicted molar refractivity (Wildman–Crippen MR) is 98.7 cm³/mol. The topological polar surface area (TPSA) is 36.4 Å². The molecule has 1 saturated heterocycles. The maximum atomic E-state index is 11.0. The first-order valence-corrected chi connectivity index (χ1v) is 8.56. The summed E-state index contributed by atoms with van der Waals surface area (Å²) < 4.78 is 0. The first-order chi connectivity index (χ1) is 11.6. The second-order valence-electron chi connectivity index (χ2n) is 6.55. The molecule has 3 nitrogen and oxygen atoms in total. The van der Waals surface area contributed by atoms with Crippen LogP contribution in [0.2, 0.25) is 5.02 Å². The van der Waals surface area contributed by atoms with Gasteiger partial charge in [-0.05, 0) is 36.2 Å². The lowest BCUT2D eigenvalue weighted by Crippen LogP contribution is -2.35. The zero-order valence-electron chi connectivity index (χ0n) is 13.3. The number of aromatic nitrogens is 1. The third kappa shape index (κ3) is 2.97. The summed E-state index contributed by atoms with van der Waals surface area (Å²) in [6.07, 6.45) is 3.25. The molecule has 1 fully saturated rings. The molecule has 1 N–H and O–H groups in total. The summed E-state index contributed by atoms with van der Waals surface area (Å²) in [7, 11) is 0. The molecular formula is C20H19ClN2O. The number of nitrogens with zero attached hydrogens (tertiary/aromatic N) is 2. The van der Waals surface area contributed by atoms with Crippen molar-refractivity contribution >= 4 is 28.2 Å². The standard InChI is InChI=1S/C20H19ClN2O/c21-16-6-7-17-18(12-16)22-10-8-19(17)23-11-9-20(24,14-23)13-15-4-2-1-3-5-15/h1-8,10,12,24H,9,11,13-14H2. The fourth-order valence-corrected chi connectivity index (χ4v) is 3.73. The summed E-state index contributed by atoms with van der Waals surface area (Å²) in [5, 5.41) is 12.8. The van der Waals surface area contributed by atoms with Crippen LogP contribution >= 0.6 is 11.6 Å². The van der Waals surface area contributed by atoms with E-state index < -0.39 is 5.60 Å².